The van der Waals surface area contributed by atoms with E-state index in [0.717, 1.165) is 23.1 Å². The highest BCUT2D eigenvalue weighted by Crippen LogP contribution is 2.58. The Morgan fingerprint density at radius 3 is 1.32 bits per heavy atom. The molecule has 0 aliphatic heterocycles. The van der Waals surface area contributed by atoms with Crippen molar-refractivity contribution in [3.63, 3.8) is 0 Å². The van der Waals surface area contributed by atoms with Crippen LogP contribution in [-0.2, 0) is 5.41 Å². The van der Waals surface area contributed by atoms with E-state index in [4.69, 9.17) is 0 Å². The molecule has 0 N–H and O–H groups in total. The van der Waals surface area contributed by atoms with E-state index in [9.17, 15) is 0 Å². The smallest absolute Gasteiger partial charge is 0.0714 e. The first-order chi connectivity index (χ1) is 48.1. The van der Waals surface area contributed by atoms with Gasteiger partial charge in [-0.25, -0.2) is 0 Å². The summed E-state index contributed by atoms with van der Waals surface area (Å²) in [6.07, 6.45) is 10.1. The standard InChI is InChI=1S/C96H63N/c1-3-25-77(26-4-1)96(78-27-5-2-6-28-78)92-61-76(89-60-75-20-9-12-31-84(75)85-32-13-14-33-86(85)89)50-54-87(92)88-55-53-79(62-93(88)96)97-94-56-51-73(67-40-36-64(37-41-67)63-21-15-22-71(47-44-63)82-34-16-23-69-18-7-10-29-80(69)82)58-90(94)91-59-74(52-57-95(91)97)68-42-38-65(39-43-68)66-45-48-72(49-46-66)83-35-17-24-70-19-8-11-30-81(70)83/h1-20,22-62H,21H2. The quantitative estimate of drug-likeness (QED) is 0.120. The van der Waals surface area contributed by atoms with Gasteiger partial charge in [0.05, 0.1) is 16.4 Å². The SMILES string of the molecule is C1=CC(c2cccc3ccccc23)=CC=C(c2ccc(-c3ccc4c(c3)c3cc(-c5ccc(-c6ccc(-c7cccc8ccccc78)cc6)cc5)ccc3n4-c3ccc4c(c3)C(c3ccccc3)(c3ccccc3)c3cc(-c5cc6ccccc6c6ccccc56)ccc3-4)cc2)C1. The number of hydrogen-bond acceptors (Lipinski definition) is 0. The van der Waals surface area contributed by atoms with Crippen LogP contribution in [0.2, 0.25) is 0 Å². The first kappa shape index (κ1) is 56.1. The molecule has 17 aromatic rings. The van der Waals surface area contributed by atoms with Gasteiger partial charge in [-0.05, 0) is 209 Å². The average Bonchev–Trinajstić information content (AvgIpc) is 1.54. The number of rotatable bonds is 10. The molecule has 1 nitrogen and oxygen atoms in total. The number of benzene rings is 16. The van der Waals surface area contributed by atoms with Gasteiger partial charge in [0.2, 0.25) is 0 Å². The van der Waals surface area contributed by atoms with E-state index in [1.54, 1.807) is 0 Å². The predicted molar refractivity (Wildman–Crippen MR) is 411 cm³/mol. The molecular weight excluding hydrogens is 1170 g/mol. The molecule has 0 saturated heterocycles. The summed E-state index contributed by atoms with van der Waals surface area (Å²) in [7, 11) is 0. The van der Waals surface area contributed by atoms with Crippen LogP contribution in [-0.4, -0.2) is 4.57 Å². The van der Waals surface area contributed by atoms with Crippen LogP contribution in [0.3, 0.4) is 0 Å². The van der Waals surface area contributed by atoms with Crippen LogP contribution in [0, 0.1) is 0 Å². The molecule has 0 spiro atoms. The van der Waals surface area contributed by atoms with Crippen molar-refractivity contribution in [1.82, 2.24) is 4.57 Å². The van der Waals surface area contributed by atoms with Gasteiger partial charge in [0.15, 0.2) is 0 Å². The Kier molecular flexibility index (Phi) is 13.3. The van der Waals surface area contributed by atoms with Crippen LogP contribution in [0.1, 0.15) is 39.8 Å². The Morgan fingerprint density at radius 1 is 0.247 bits per heavy atom. The monoisotopic (exact) mass is 1230 g/mol. The van der Waals surface area contributed by atoms with Gasteiger partial charge >= 0.3 is 0 Å². The van der Waals surface area contributed by atoms with E-state index in [-0.39, 0.29) is 0 Å². The van der Waals surface area contributed by atoms with Gasteiger partial charge in [-0.2, -0.15) is 0 Å². The summed E-state index contributed by atoms with van der Waals surface area (Å²) in [5.41, 5.74) is 27.3. The Labute approximate surface area is 564 Å². The fourth-order valence-corrected chi connectivity index (χ4v) is 16.3. The number of allylic oxidation sites excluding steroid dienone is 6. The zero-order valence-corrected chi connectivity index (χ0v) is 53.4. The van der Waals surface area contributed by atoms with Gasteiger partial charge in [0.25, 0.3) is 0 Å². The largest absolute Gasteiger partial charge is 0.309 e. The van der Waals surface area contributed by atoms with Gasteiger partial charge in [0.1, 0.15) is 0 Å². The third kappa shape index (κ3) is 9.30. The molecule has 19 rings (SSSR count). The molecule has 16 aromatic carbocycles. The number of hydrogen-bond donors (Lipinski definition) is 0. The van der Waals surface area contributed by atoms with Gasteiger partial charge < -0.3 is 4.57 Å². The van der Waals surface area contributed by atoms with Gasteiger partial charge in [-0.15, -0.1) is 0 Å². The molecule has 0 fully saturated rings. The molecule has 0 unspecified atom stereocenters. The Bertz CT molecular complexity index is 6050. The fourth-order valence-electron chi connectivity index (χ4n) is 16.3. The minimum Gasteiger partial charge on any atom is -0.309 e. The van der Waals surface area contributed by atoms with E-state index in [2.05, 4.69) is 375 Å². The summed E-state index contributed by atoms with van der Waals surface area (Å²) in [5, 5.41) is 12.5. The molecule has 0 bridgehead atoms. The van der Waals surface area contributed by atoms with Crippen molar-refractivity contribution in [2.24, 2.45) is 0 Å². The third-order valence-corrected chi connectivity index (χ3v) is 21.0. The summed E-state index contributed by atoms with van der Waals surface area (Å²) >= 11 is 0. The van der Waals surface area contributed by atoms with Crippen LogP contribution in [0.15, 0.2) is 370 Å². The fraction of sp³-hybridized carbons (Fsp3) is 0.0208. The number of fused-ring (bicyclic) bond motifs is 11. The Morgan fingerprint density at radius 2 is 0.701 bits per heavy atom. The van der Waals surface area contributed by atoms with Gasteiger partial charge in [0, 0.05) is 16.5 Å². The van der Waals surface area contributed by atoms with Crippen LogP contribution in [0.25, 0.3) is 148 Å². The molecule has 0 radical (unpaired) electrons. The van der Waals surface area contributed by atoms with Crippen molar-refractivity contribution in [1.29, 1.82) is 0 Å². The Balaban J connectivity index is 0.745. The maximum Gasteiger partial charge on any atom is 0.0714 e. The first-order valence-corrected chi connectivity index (χ1v) is 33.8. The molecule has 2 aliphatic rings. The second-order valence-corrected chi connectivity index (χ2v) is 26.2. The topological polar surface area (TPSA) is 4.93 Å². The summed E-state index contributed by atoms with van der Waals surface area (Å²) in [6, 6.07) is 129. The molecule has 0 saturated carbocycles. The van der Waals surface area contributed by atoms with Crippen molar-refractivity contribution in [3.05, 3.63) is 403 Å². The maximum absolute atomic E-state index is 2.52. The molecule has 2 aliphatic carbocycles. The molecule has 1 aromatic heterocycles. The van der Waals surface area contributed by atoms with Crippen molar-refractivity contribution in [2.45, 2.75) is 11.8 Å². The summed E-state index contributed by atoms with van der Waals surface area (Å²) < 4.78 is 2.52. The minimum absolute atomic E-state index is 0.652. The lowest BCUT2D eigenvalue weighted by Crippen LogP contribution is -2.28. The highest BCUT2D eigenvalue weighted by molar-refractivity contribution is 6.15. The zero-order valence-electron chi connectivity index (χ0n) is 53.4. The van der Waals surface area contributed by atoms with Crippen LogP contribution in [0.5, 0.6) is 0 Å². The van der Waals surface area contributed by atoms with E-state index in [1.807, 2.05) is 0 Å². The number of aromatic nitrogens is 1. The molecule has 1 heterocycles. The van der Waals surface area contributed by atoms with Crippen LogP contribution < -0.4 is 0 Å². The van der Waals surface area contributed by atoms with Crippen molar-refractivity contribution >= 4 is 76.0 Å². The second-order valence-electron chi connectivity index (χ2n) is 26.2. The second kappa shape index (κ2) is 23.0. The van der Waals surface area contributed by atoms with E-state index in [1.165, 1.54) is 165 Å². The molecule has 0 atom stereocenters. The lowest BCUT2D eigenvalue weighted by molar-refractivity contribution is 0.768. The predicted octanol–water partition coefficient (Wildman–Crippen LogP) is 25.5. The molecule has 1 heteroatoms. The normalized spacial score (nSPS) is 13.3. The summed E-state index contributed by atoms with van der Waals surface area (Å²) in [4.78, 5) is 0. The van der Waals surface area contributed by atoms with Crippen molar-refractivity contribution in [2.75, 3.05) is 0 Å². The highest BCUT2D eigenvalue weighted by atomic mass is 15.0. The summed E-state index contributed by atoms with van der Waals surface area (Å²) in [5.74, 6) is 0. The van der Waals surface area contributed by atoms with Crippen molar-refractivity contribution in [3.8, 4) is 72.4 Å². The lowest BCUT2D eigenvalue weighted by Gasteiger charge is -2.34. The first-order valence-electron chi connectivity index (χ1n) is 33.8. The average molecular weight is 1230 g/mol. The van der Waals surface area contributed by atoms with E-state index >= 15 is 0 Å². The van der Waals surface area contributed by atoms with Crippen LogP contribution >= 0.6 is 0 Å². The molecule has 0 amide bonds. The van der Waals surface area contributed by atoms with Crippen molar-refractivity contribution < 1.29 is 0 Å². The van der Waals surface area contributed by atoms with E-state index in [0.29, 0.717) is 0 Å². The summed E-state index contributed by atoms with van der Waals surface area (Å²) in [6.45, 7) is 0. The zero-order chi connectivity index (χ0) is 64.0. The van der Waals surface area contributed by atoms with Gasteiger partial charge in [-0.3, -0.25) is 0 Å². The highest BCUT2D eigenvalue weighted by Gasteiger charge is 2.46. The number of nitrogens with zero attached hydrogens (tertiary/aromatic N) is 1. The third-order valence-electron chi connectivity index (χ3n) is 21.0. The lowest BCUT2D eigenvalue weighted by atomic mass is 9.67. The molecule has 452 valence electrons. The maximum atomic E-state index is 2.52. The minimum atomic E-state index is -0.652. The van der Waals surface area contributed by atoms with Gasteiger partial charge in [-0.1, -0.05) is 322 Å². The molecular formula is C96H63N. The van der Waals surface area contributed by atoms with E-state index < -0.39 is 5.41 Å². The van der Waals surface area contributed by atoms with Crippen LogP contribution in [0.4, 0.5) is 0 Å². The Hall–Kier alpha value is -12.4. The molecule has 97 heavy (non-hydrogen) atoms.